The number of ether oxygens (including phenoxy) is 6. The molecular formula is C95H84FN17O17. The van der Waals surface area contributed by atoms with Gasteiger partial charge in [-0.2, -0.15) is 0 Å². The maximum absolute atomic E-state index is 14.7. The average Bonchev–Trinajstić information content (AvgIpc) is 0.814. The molecule has 0 aliphatic rings. The predicted octanol–water partition coefficient (Wildman–Crippen LogP) is 17.7. The molecular weight excluding hydrogens is 1670 g/mol. The zero-order chi connectivity index (χ0) is 92.4. The van der Waals surface area contributed by atoms with Crippen LogP contribution in [0, 0.1) is 22.9 Å². The molecule has 130 heavy (non-hydrogen) atoms. The number of phenols is 1. The van der Waals surface area contributed by atoms with Gasteiger partial charge < -0.3 is 76.1 Å². The number of halogens is 1. The standard InChI is InChI=1S/C27H23FN4O3.C26H22N4O4.C21H19N5O5.C21H20N4O5/c1-17(20-8-13-23(24(28)14-20)19-6-4-3-5-7-19)27(34)32-21-9-11-22(12-10-21)35-26-15-25(29-16-30-26)31-18(2)33;1-18(31)29-24-16-26(28-17-27-24)34-22-12-10-20(11-13-22)30-25(32)15-19-6-5-9-23(14-19)33-21-7-3-2-4-8-21;1-13-15(4-3-5-18(13)26(29)30)10-20(28)25-16-6-8-17(9-7-16)31-21-11-19(22-12-23-21)24-14(2)27;1-13(26)24-19-11-21(23-12-22-19)30-16-6-4-15(5-7-16)25-20(28)10-14-3-8-17(27)18(9-14)29-2/h3-17H,1-2H3,(H,32,34)(H,29,30,31,33);2-14,16-17H,15H2,1H3,(H,30,32)(H,27,28,29,31);3-9,11-12H,10H2,1-2H3,(H,25,28)(H,22,23,24,27);3-9,11-12,27H,10H2,1-2H3,(H,25,28)(H,22,23,24,26). The zero-order valence-corrected chi connectivity index (χ0v) is 70.7. The first-order valence-corrected chi connectivity index (χ1v) is 39.6. The lowest BCUT2D eigenvalue weighted by Crippen LogP contribution is -2.19. The molecule has 34 nitrogen and oxygen atoms in total. The third-order valence-electron chi connectivity index (χ3n) is 18.0. The van der Waals surface area contributed by atoms with Crippen molar-refractivity contribution >= 4 is 99.0 Å². The summed E-state index contributed by atoms with van der Waals surface area (Å²) in [4.78, 5) is 137. The molecule has 9 N–H and O–H groups in total. The Hall–Kier alpha value is -17.8. The van der Waals surface area contributed by atoms with Crippen molar-refractivity contribution in [3.8, 4) is 80.6 Å². The lowest BCUT2D eigenvalue weighted by molar-refractivity contribution is -0.385. The normalized spacial score (nSPS) is 10.6. The number of phenolic OH excluding ortho intramolecular Hbond substituents is 1. The minimum atomic E-state index is -0.557. The molecule has 1 atom stereocenters. The molecule has 8 amide bonds. The third-order valence-corrected chi connectivity index (χ3v) is 18.0. The fraction of sp³-hybridized carbons (Fsp3) is 0.116. The van der Waals surface area contributed by atoms with Crippen LogP contribution >= 0.6 is 0 Å². The molecule has 0 saturated carbocycles. The van der Waals surface area contributed by atoms with Gasteiger partial charge in [0.25, 0.3) is 5.69 Å². The molecule has 0 aliphatic heterocycles. The molecule has 4 aromatic heterocycles. The van der Waals surface area contributed by atoms with E-state index in [4.69, 9.17) is 28.4 Å². The van der Waals surface area contributed by atoms with Crippen LogP contribution in [0.5, 0.6) is 69.5 Å². The maximum atomic E-state index is 14.7. The number of hydrogen-bond acceptors (Lipinski definition) is 25. The predicted molar refractivity (Wildman–Crippen MR) is 483 cm³/mol. The Bertz CT molecular complexity index is 6330. The molecule has 35 heteroatoms. The summed E-state index contributed by atoms with van der Waals surface area (Å²) in [7, 11) is 1.45. The van der Waals surface area contributed by atoms with Gasteiger partial charge in [0.05, 0.1) is 37.2 Å². The van der Waals surface area contributed by atoms with Crippen molar-refractivity contribution < 1.29 is 81.2 Å². The number of rotatable bonds is 29. The summed E-state index contributed by atoms with van der Waals surface area (Å²) in [5.74, 6) is 3.27. The number of nitrogens with zero attached hydrogens (tertiary/aromatic N) is 9. The van der Waals surface area contributed by atoms with E-state index < -0.39 is 10.8 Å². The Morgan fingerprint density at radius 3 is 1.17 bits per heavy atom. The van der Waals surface area contributed by atoms with Crippen molar-refractivity contribution in [1.29, 1.82) is 0 Å². The number of nitro groups is 1. The van der Waals surface area contributed by atoms with Gasteiger partial charge in [0.1, 0.15) is 88.9 Å². The summed E-state index contributed by atoms with van der Waals surface area (Å²) >= 11 is 0. The number of methoxy groups -OCH3 is 1. The van der Waals surface area contributed by atoms with E-state index in [0.717, 1.165) is 16.9 Å². The number of anilines is 8. The molecule has 0 saturated heterocycles. The van der Waals surface area contributed by atoms with E-state index in [0.29, 0.717) is 108 Å². The van der Waals surface area contributed by atoms with Crippen molar-refractivity contribution in [2.45, 2.75) is 66.7 Å². The van der Waals surface area contributed by atoms with E-state index in [1.165, 1.54) is 103 Å². The van der Waals surface area contributed by atoms with Crippen LogP contribution in [0.1, 0.15) is 68.4 Å². The smallest absolute Gasteiger partial charge is 0.272 e. The third kappa shape index (κ3) is 29.7. The second kappa shape index (κ2) is 46.1. The number of nitrogens with one attached hydrogen (secondary N) is 8. The number of carbonyl (C=O) groups is 8. The number of hydrogen-bond donors (Lipinski definition) is 9. The Morgan fingerprint density at radius 2 is 0.769 bits per heavy atom. The highest BCUT2D eigenvalue weighted by Crippen LogP contribution is 2.33. The van der Waals surface area contributed by atoms with Gasteiger partial charge in [-0.15, -0.1) is 0 Å². The second-order valence-corrected chi connectivity index (χ2v) is 28.1. The van der Waals surface area contributed by atoms with Gasteiger partial charge in [-0.05, 0) is 181 Å². The molecule has 14 aromatic rings. The Labute approximate surface area is 743 Å². The van der Waals surface area contributed by atoms with Crippen LogP contribution in [0.25, 0.3) is 11.1 Å². The van der Waals surface area contributed by atoms with Gasteiger partial charge in [-0.25, -0.2) is 44.3 Å². The summed E-state index contributed by atoms with van der Waals surface area (Å²) in [6, 6.07) is 73.4. The van der Waals surface area contributed by atoms with Gasteiger partial charge >= 0.3 is 0 Å². The van der Waals surface area contributed by atoms with Crippen LogP contribution in [-0.2, 0) is 57.6 Å². The van der Waals surface area contributed by atoms with Crippen LogP contribution in [-0.4, -0.2) is 104 Å². The molecule has 0 spiro atoms. The summed E-state index contributed by atoms with van der Waals surface area (Å²) in [6.07, 6.45) is 5.48. The minimum Gasteiger partial charge on any atom is -0.504 e. The van der Waals surface area contributed by atoms with Gasteiger partial charge in [0, 0.05) is 91.9 Å². The number of benzene rings is 10. The number of carbonyl (C=O) groups excluding carboxylic acids is 8. The lowest BCUT2D eigenvalue weighted by Gasteiger charge is -2.14. The molecule has 10 aromatic carbocycles. The summed E-state index contributed by atoms with van der Waals surface area (Å²) < 4.78 is 48.2. The number of nitro benzene ring substituents is 1. The molecule has 0 bridgehead atoms. The summed E-state index contributed by atoms with van der Waals surface area (Å²) in [6.45, 7) is 8.88. The number of aromatic hydroxyl groups is 1. The lowest BCUT2D eigenvalue weighted by atomic mass is 9.96. The summed E-state index contributed by atoms with van der Waals surface area (Å²) in [5.41, 5.74) is 6.78. The highest BCUT2D eigenvalue weighted by molar-refractivity contribution is 5.97. The molecule has 0 radical (unpaired) electrons. The van der Waals surface area contributed by atoms with Gasteiger partial charge in [0.15, 0.2) is 11.5 Å². The Balaban J connectivity index is 0.000000168. The van der Waals surface area contributed by atoms with Crippen molar-refractivity contribution in [1.82, 2.24) is 39.9 Å². The SMILES string of the molecule is CC(=O)Nc1cc(Oc2ccc(NC(=O)C(C)c3ccc(-c4ccccc4)c(F)c3)cc2)ncn1.CC(=O)Nc1cc(Oc2ccc(NC(=O)Cc3cccc(Oc4ccccc4)c3)cc2)ncn1.CC(=O)Nc1cc(Oc2ccc(NC(=O)Cc3cccc([N+](=O)[O-])c3C)cc2)ncn1.COc1cc(CC(=O)Nc2ccc(Oc3cc(NC(C)=O)ncn3)cc2)ccc1O. The molecule has 14 rings (SSSR count). The van der Waals surface area contributed by atoms with E-state index >= 15 is 0 Å². The first-order valence-electron chi connectivity index (χ1n) is 39.6. The first-order chi connectivity index (χ1) is 62.7. The van der Waals surface area contributed by atoms with Crippen molar-refractivity contribution in [2.75, 3.05) is 49.6 Å². The maximum Gasteiger partial charge on any atom is 0.272 e. The van der Waals surface area contributed by atoms with E-state index in [1.807, 2.05) is 84.9 Å². The fourth-order valence-corrected chi connectivity index (χ4v) is 11.9. The number of amides is 8. The Kier molecular flexibility index (Phi) is 32.9. The van der Waals surface area contributed by atoms with Crippen molar-refractivity contribution in [2.24, 2.45) is 0 Å². The van der Waals surface area contributed by atoms with Crippen LogP contribution in [0.15, 0.2) is 286 Å². The minimum absolute atomic E-state index is 0.0125. The average molecular weight is 1750 g/mol. The molecule has 0 aliphatic carbocycles. The monoisotopic (exact) mass is 1750 g/mol. The first kappa shape index (κ1) is 92.9. The Morgan fingerprint density at radius 1 is 0.392 bits per heavy atom. The van der Waals surface area contributed by atoms with Crippen molar-refractivity contribution in [3.05, 3.63) is 330 Å². The fourth-order valence-electron chi connectivity index (χ4n) is 11.9. The second-order valence-electron chi connectivity index (χ2n) is 28.1. The van der Waals surface area contributed by atoms with Crippen LogP contribution in [0.2, 0.25) is 0 Å². The van der Waals surface area contributed by atoms with E-state index in [9.17, 15) is 58.0 Å². The van der Waals surface area contributed by atoms with Crippen LogP contribution in [0.4, 0.5) is 56.1 Å². The molecule has 658 valence electrons. The zero-order valence-electron chi connectivity index (χ0n) is 70.7. The van der Waals surface area contributed by atoms with Crippen LogP contribution in [0.3, 0.4) is 0 Å². The topological polar surface area (TPSA) is 455 Å². The van der Waals surface area contributed by atoms with E-state index in [1.54, 1.807) is 147 Å². The quantitative estimate of drug-likeness (QED) is 0.0155. The largest absolute Gasteiger partial charge is 0.504 e. The van der Waals surface area contributed by atoms with Gasteiger partial charge in [-0.3, -0.25) is 48.5 Å². The van der Waals surface area contributed by atoms with Gasteiger partial charge in [0.2, 0.25) is 70.8 Å². The molecule has 0 fully saturated rings. The molecule has 4 heterocycles. The highest BCUT2D eigenvalue weighted by atomic mass is 19.1. The molecule has 1 unspecified atom stereocenters. The number of para-hydroxylation sites is 1. The van der Waals surface area contributed by atoms with E-state index in [2.05, 4.69) is 82.4 Å². The van der Waals surface area contributed by atoms with Crippen LogP contribution < -0.4 is 71.0 Å². The number of aromatic nitrogens is 8. The van der Waals surface area contributed by atoms with Crippen molar-refractivity contribution in [3.63, 3.8) is 0 Å². The summed E-state index contributed by atoms with van der Waals surface area (Å²) in [5, 5.41) is 42.2. The highest BCUT2D eigenvalue weighted by Gasteiger charge is 2.21. The van der Waals surface area contributed by atoms with Gasteiger partial charge in [-0.1, -0.05) is 91.0 Å². The van der Waals surface area contributed by atoms with E-state index in [-0.39, 0.29) is 107 Å².